The van der Waals surface area contributed by atoms with Gasteiger partial charge >= 0.3 is 0 Å². The number of alkyl halides is 2. The Balaban J connectivity index is 1.51. The summed E-state index contributed by atoms with van der Waals surface area (Å²) < 4.78 is 70.3. The molecular weight excluding hydrogens is 948 g/mol. The minimum atomic E-state index is -2.91. The van der Waals surface area contributed by atoms with Gasteiger partial charge in [0.25, 0.3) is 0 Å². The molecule has 0 aromatic heterocycles. The second kappa shape index (κ2) is 20.7. The highest BCUT2D eigenvalue weighted by molar-refractivity contribution is 6.38. The lowest BCUT2D eigenvalue weighted by molar-refractivity contribution is -0.142. The number of hydrogen-bond acceptors (Lipinski definition) is 9. The van der Waals surface area contributed by atoms with Gasteiger partial charge in [-0.15, -0.1) is 0 Å². The fourth-order valence-corrected chi connectivity index (χ4v) is 12.3. The number of aliphatic hydroxyl groups is 2. The van der Waals surface area contributed by atoms with Crippen LogP contribution in [0.2, 0.25) is 0 Å². The molecule has 368 valence electrons. The number of hydrogen-bond donors (Lipinski definition) is 6. The van der Waals surface area contributed by atoms with E-state index >= 15 is 31.9 Å². The average molecular weight is 1000 g/mol. The SMILES string of the molecule is Cc1c(F)cccc1C1=C(C(=O)c2cccc(O)c2)[C@H](F)[C@@](CCO)(C(=O)[C@@]2(CCO)C(Cl)=C(C3CCCNC3)C(c3cccc(F)c3C)=C(C(=O)c3cccc(O)c3)[C@@H]2F)C(Cl)=C1C1CCCNC1. The number of piperidine rings is 2. The van der Waals surface area contributed by atoms with E-state index in [2.05, 4.69) is 10.6 Å². The number of rotatable bonds is 14. The van der Waals surface area contributed by atoms with Gasteiger partial charge in [-0.3, -0.25) is 14.4 Å². The molecule has 0 amide bonds. The average Bonchev–Trinajstić information content (AvgIpc) is 3.35. The summed E-state index contributed by atoms with van der Waals surface area (Å²) in [5.74, 6) is -6.93. The summed E-state index contributed by atoms with van der Waals surface area (Å²) in [7, 11) is 0. The van der Waals surface area contributed by atoms with Gasteiger partial charge in [0.05, 0.1) is 0 Å². The van der Waals surface area contributed by atoms with E-state index in [-0.39, 0.29) is 80.3 Å². The summed E-state index contributed by atoms with van der Waals surface area (Å²) in [6.07, 6.45) is -5.63. The van der Waals surface area contributed by atoms with Gasteiger partial charge < -0.3 is 31.1 Å². The number of aromatic hydroxyl groups is 2. The number of nitrogens with one attached hydrogen (secondary N) is 2. The molecule has 2 fully saturated rings. The number of halogens is 6. The second-order valence-electron chi connectivity index (χ2n) is 18.6. The molecule has 0 spiro atoms. The Morgan fingerprint density at radius 3 is 1.36 bits per heavy atom. The maximum absolute atomic E-state index is 19.4. The lowest BCUT2D eigenvalue weighted by Gasteiger charge is -2.51. The molecule has 0 bridgehead atoms. The van der Waals surface area contributed by atoms with Crippen LogP contribution >= 0.6 is 23.2 Å². The topological polar surface area (TPSA) is 156 Å². The number of phenols is 2. The molecule has 2 aliphatic carbocycles. The minimum absolute atomic E-state index is 0.0163. The van der Waals surface area contributed by atoms with Gasteiger partial charge in [0.2, 0.25) is 0 Å². The molecule has 4 aromatic rings. The molecule has 9 nitrogen and oxygen atoms in total. The monoisotopic (exact) mass is 1000 g/mol. The quantitative estimate of drug-likeness (QED) is 0.0535. The van der Waals surface area contributed by atoms with Gasteiger partial charge in [0, 0.05) is 58.6 Å². The molecule has 2 saturated heterocycles. The zero-order valence-corrected chi connectivity index (χ0v) is 40.2. The third-order valence-electron chi connectivity index (χ3n) is 14.7. The van der Waals surface area contributed by atoms with Crippen LogP contribution in [0.25, 0.3) is 11.1 Å². The van der Waals surface area contributed by atoms with Crippen LogP contribution in [-0.4, -0.2) is 89.5 Å². The van der Waals surface area contributed by atoms with Crippen LogP contribution in [0.1, 0.15) is 81.5 Å². The highest BCUT2D eigenvalue weighted by atomic mass is 35.5. The molecule has 70 heavy (non-hydrogen) atoms. The van der Waals surface area contributed by atoms with Gasteiger partial charge in [-0.25, -0.2) is 17.6 Å². The Kier molecular flexibility index (Phi) is 15.1. The van der Waals surface area contributed by atoms with E-state index in [4.69, 9.17) is 23.2 Å². The molecule has 0 radical (unpaired) electrons. The highest BCUT2D eigenvalue weighted by Crippen LogP contribution is 2.63. The number of benzene rings is 4. The van der Waals surface area contributed by atoms with Crippen molar-refractivity contribution >= 4 is 51.7 Å². The normalized spacial score (nSPS) is 25.4. The Hall–Kier alpha value is -5.41. The van der Waals surface area contributed by atoms with Gasteiger partial charge in [-0.2, -0.15) is 0 Å². The zero-order valence-electron chi connectivity index (χ0n) is 38.7. The van der Waals surface area contributed by atoms with E-state index in [1.165, 1.54) is 86.6 Å². The number of aliphatic hydroxyl groups excluding tert-OH is 2. The summed E-state index contributed by atoms with van der Waals surface area (Å²) in [6, 6.07) is 18.3. The van der Waals surface area contributed by atoms with E-state index in [1.54, 1.807) is 0 Å². The molecule has 2 heterocycles. The van der Waals surface area contributed by atoms with Crippen LogP contribution in [0.3, 0.4) is 0 Å². The maximum atomic E-state index is 19.4. The van der Waals surface area contributed by atoms with Crippen LogP contribution in [0, 0.1) is 48.1 Å². The summed E-state index contributed by atoms with van der Waals surface area (Å²) in [5.41, 5.74) is -7.56. The molecule has 4 aliphatic rings. The number of carbonyl (C=O) groups is 3. The van der Waals surface area contributed by atoms with E-state index in [0.717, 1.165) is 12.1 Å². The third-order valence-corrected chi connectivity index (χ3v) is 15.8. The lowest BCUT2D eigenvalue weighted by atomic mass is 9.54. The Morgan fingerprint density at radius 2 is 1.01 bits per heavy atom. The van der Waals surface area contributed by atoms with Crippen LogP contribution < -0.4 is 10.6 Å². The predicted octanol–water partition coefficient (Wildman–Crippen LogP) is 9.96. The first-order valence-electron chi connectivity index (χ1n) is 23.5. The van der Waals surface area contributed by atoms with Crippen molar-refractivity contribution < 1.29 is 52.4 Å². The first-order chi connectivity index (χ1) is 33.6. The molecule has 2 unspecified atom stereocenters. The summed E-state index contributed by atoms with van der Waals surface area (Å²) >= 11 is 15.4. The number of ketones is 3. The maximum Gasteiger partial charge on any atom is 0.192 e. The molecular formula is C55H54Cl2F4N2O7. The van der Waals surface area contributed by atoms with E-state index in [1.807, 2.05) is 0 Å². The standard InChI is InChI=1S/C55H54Cl2F4N2O7/c1-29-37(15-5-17-39(29)58)43-41(33-11-7-21-62-27-33)49(56)54(19-23-64,51(60)45(43)47(68)31-9-3-13-35(66)25-31)53(70)55(20-24-65)50(57)42(34-12-8-22-63-28-34)44(38-16-6-18-40(59)30(38)2)46(52(55)61)48(69)32-10-4-14-36(67)26-32/h3-6,9-10,13-18,25-26,33-34,51-52,62-67H,7-8,11-12,19-24,27-28H2,1-2H3/t33?,34?,51-,52-,54-,55-/m0/s1. The van der Waals surface area contributed by atoms with E-state index in [9.17, 15) is 20.4 Å². The first-order valence-corrected chi connectivity index (χ1v) is 24.3. The fraction of sp³-hybridized carbons (Fsp3) is 0.364. The van der Waals surface area contributed by atoms with E-state index in [0.29, 0.717) is 38.8 Å². The highest BCUT2D eigenvalue weighted by Gasteiger charge is 2.66. The molecule has 2 aliphatic heterocycles. The van der Waals surface area contributed by atoms with Gasteiger partial charge in [0.15, 0.2) is 17.3 Å². The smallest absolute Gasteiger partial charge is 0.192 e. The van der Waals surface area contributed by atoms with Crippen LogP contribution in [0.4, 0.5) is 17.6 Å². The molecule has 8 rings (SSSR count). The molecule has 0 saturated carbocycles. The van der Waals surface area contributed by atoms with Gasteiger partial charge in [-0.1, -0.05) is 71.7 Å². The van der Waals surface area contributed by atoms with Crippen LogP contribution in [0.15, 0.2) is 117 Å². The zero-order chi connectivity index (χ0) is 50.2. The van der Waals surface area contributed by atoms with Gasteiger partial charge in [0.1, 0.15) is 46.3 Å². The van der Waals surface area contributed by atoms with Crippen molar-refractivity contribution in [3.8, 4) is 11.5 Å². The summed E-state index contributed by atoms with van der Waals surface area (Å²) in [4.78, 5) is 47.5. The Morgan fingerprint density at radius 1 is 0.629 bits per heavy atom. The number of carbonyl (C=O) groups excluding carboxylic acids is 3. The van der Waals surface area contributed by atoms with Crippen molar-refractivity contribution in [1.29, 1.82) is 0 Å². The number of Topliss-reactive ketones (excluding diaryl/α,β-unsaturated/α-hetero) is 3. The first kappa shape index (κ1) is 51.0. The molecule has 6 N–H and O–H groups in total. The fourth-order valence-electron chi connectivity index (χ4n) is 11.2. The second-order valence-corrected chi connectivity index (χ2v) is 19.4. The number of phenolic OH excluding ortho intramolecular Hbond substituents is 2. The largest absolute Gasteiger partial charge is 0.508 e. The Bertz CT molecular complexity index is 2700. The van der Waals surface area contributed by atoms with Gasteiger partial charge in [-0.05, 0) is 158 Å². The van der Waals surface area contributed by atoms with Crippen molar-refractivity contribution in [1.82, 2.24) is 10.6 Å². The number of allylic oxidation sites excluding steroid dienone is 6. The van der Waals surface area contributed by atoms with Crippen molar-refractivity contribution in [2.45, 2.75) is 64.7 Å². The summed E-state index contributed by atoms with van der Waals surface area (Å²) in [6.45, 7) is 2.47. The lowest BCUT2D eigenvalue weighted by Crippen LogP contribution is -2.58. The molecule has 15 heteroatoms. The van der Waals surface area contributed by atoms with Crippen LogP contribution in [0.5, 0.6) is 11.5 Å². The van der Waals surface area contributed by atoms with Crippen molar-refractivity contribution in [2.75, 3.05) is 39.4 Å². The third kappa shape index (κ3) is 8.56. The minimum Gasteiger partial charge on any atom is -0.508 e. The van der Waals surface area contributed by atoms with Crippen molar-refractivity contribution in [2.24, 2.45) is 22.7 Å². The van der Waals surface area contributed by atoms with Crippen molar-refractivity contribution in [3.63, 3.8) is 0 Å². The van der Waals surface area contributed by atoms with Crippen LogP contribution in [-0.2, 0) is 4.79 Å². The molecule has 4 aromatic carbocycles. The Labute approximate surface area is 413 Å². The van der Waals surface area contributed by atoms with Crippen molar-refractivity contribution in [3.05, 3.63) is 162 Å². The predicted molar refractivity (Wildman–Crippen MR) is 261 cm³/mol. The van der Waals surface area contributed by atoms with E-state index < -0.39 is 111 Å². The molecule has 6 atom stereocenters. The summed E-state index contributed by atoms with van der Waals surface area (Å²) in [5, 5.41) is 49.1.